The number of nitrogens with zero attached hydrogens (tertiary/aromatic N) is 1. The molecular weight excluding hydrogens is 430 g/mol. The van der Waals surface area contributed by atoms with Gasteiger partial charge >= 0.3 is 5.97 Å². The number of ether oxygens (including phenoxy) is 2. The topological polar surface area (TPSA) is 93.1 Å². The number of benzene rings is 2. The quantitative estimate of drug-likeness (QED) is 0.693. The fourth-order valence-electron chi connectivity index (χ4n) is 4.30. The summed E-state index contributed by atoms with van der Waals surface area (Å²) in [4.78, 5) is 12.9. The van der Waals surface area contributed by atoms with Crippen LogP contribution in [0.4, 0.5) is 0 Å². The highest BCUT2D eigenvalue weighted by atomic mass is 32.2. The van der Waals surface area contributed by atoms with Gasteiger partial charge in [-0.1, -0.05) is 48.0 Å². The van der Waals surface area contributed by atoms with Crippen molar-refractivity contribution in [1.82, 2.24) is 4.31 Å². The molecule has 0 amide bonds. The minimum absolute atomic E-state index is 0.113. The van der Waals surface area contributed by atoms with Crippen molar-refractivity contribution in [1.29, 1.82) is 0 Å². The summed E-state index contributed by atoms with van der Waals surface area (Å²) in [6, 6.07) is 15.6. The molecule has 2 aliphatic rings. The molecule has 1 N–H and O–H groups in total. The van der Waals surface area contributed by atoms with Gasteiger partial charge in [-0.05, 0) is 50.5 Å². The maximum Gasteiger partial charge on any atom is 0.313 e. The van der Waals surface area contributed by atoms with Crippen LogP contribution in [0.2, 0.25) is 0 Å². The van der Waals surface area contributed by atoms with Crippen LogP contribution in [0, 0.1) is 18.8 Å². The molecule has 0 bridgehead atoms. The van der Waals surface area contributed by atoms with Crippen LogP contribution in [-0.4, -0.2) is 42.9 Å². The van der Waals surface area contributed by atoms with Crippen LogP contribution in [0.1, 0.15) is 30.9 Å². The number of carbonyl (C=O) groups is 1. The zero-order valence-corrected chi connectivity index (χ0v) is 18.9. The van der Waals surface area contributed by atoms with Gasteiger partial charge in [0.15, 0.2) is 12.5 Å². The van der Waals surface area contributed by atoms with Gasteiger partial charge in [0.05, 0.1) is 23.1 Å². The summed E-state index contributed by atoms with van der Waals surface area (Å²) < 4.78 is 40.0. The molecule has 0 aromatic heterocycles. The average molecular weight is 458 g/mol. The number of esters is 1. The predicted octanol–water partition coefficient (Wildman–Crippen LogP) is 3.29. The van der Waals surface area contributed by atoms with E-state index in [1.54, 1.807) is 61.5 Å². The molecule has 0 spiro atoms. The Morgan fingerprint density at radius 3 is 2.47 bits per heavy atom. The Morgan fingerprint density at radius 1 is 1.12 bits per heavy atom. The van der Waals surface area contributed by atoms with Crippen molar-refractivity contribution >= 4 is 21.7 Å². The van der Waals surface area contributed by atoms with Crippen molar-refractivity contribution in [3.05, 3.63) is 71.8 Å². The van der Waals surface area contributed by atoms with Crippen LogP contribution in [0.3, 0.4) is 0 Å². The third-order valence-electron chi connectivity index (χ3n) is 5.88. The summed E-state index contributed by atoms with van der Waals surface area (Å²) in [5.74, 6) is -1.60. The second-order valence-electron chi connectivity index (χ2n) is 8.03. The average Bonchev–Trinajstić information content (AvgIpc) is 2.78. The molecule has 2 aliphatic heterocycles. The fourth-order valence-corrected chi connectivity index (χ4v) is 5.91. The Kier molecular flexibility index (Phi) is 6.37. The Morgan fingerprint density at radius 2 is 1.81 bits per heavy atom. The van der Waals surface area contributed by atoms with Gasteiger partial charge in [0, 0.05) is 5.92 Å². The first-order valence-electron chi connectivity index (χ1n) is 10.7. The number of rotatable bonds is 5. The SMILES string of the molecule is CCOC(=O)[C@H]1C=C(c2ccccc2)N(S(=O)(=O)c2ccc(C)cc2)[C@@H]2OC(O)CC[C@H]12. The first-order chi connectivity index (χ1) is 15.3. The predicted molar refractivity (Wildman–Crippen MR) is 118 cm³/mol. The van der Waals surface area contributed by atoms with E-state index >= 15 is 0 Å². The van der Waals surface area contributed by atoms with Crippen molar-refractivity contribution in [2.24, 2.45) is 11.8 Å². The van der Waals surface area contributed by atoms with Crippen LogP contribution in [0.25, 0.3) is 5.70 Å². The molecule has 1 unspecified atom stereocenters. The lowest BCUT2D eigenvalue weighted by Crippen LogP contribution is -2.54. The normalized spacial score (nSPS) is 25.6. The molecule has 1 saturated heterocycles. The van der Waals surface area contributed by atoms with Gasteiger partial charge in [0.1, 0.15) is 0 Å². The summed E-state index contributed by atoms with van der Waals surface area (Å²) in [5.41, 5.74) is 1.89. The Balaban J connectivity index is 1.90. The molecule has 2 aromatic rings. The minimum atomic E-state index is -4.05. The molecule has 8 heteroatoms. The van der Waals surface area contributed by atoms with Crippen LogP contribution < -0.4 is 0 Å². The number of sulfonamides is 1. The molecule has 0 radical (unpaired) electrons. The van der Waals surface area contributed by atoms with Gasteiger partial charge in [0.25, 0.3) is 10.0 Å². The molecule has 170 valence electrons. The van der Waals surface area contributed by atoms with E-state index in [0.717, 1.165) is 5.56 Å². The molecule has 2 heterocycles. The summed E-state index contributed by atoms with van der Waals surface area (Å²) in [6.45, 7) is 3.83. The van der Waals surface area contributed by atoms with Crippen LogP contribution in [0.15, 0.2) is 65.6 Å². The third-order valence-corrected chi connectivity index (χ3v) is 7.67. The van der Waals surface area contributed by atoms with E-state index in [0.29, 0.717) is 24.1 Å². The van der Waals surface area contributed by atoms with Crippen LogP contribution in [0.5, 0.6) is 0 Å². The van der Waals surface area contributed by atoms with Crippen molar-refractivity contribution in [2.75, 3.05) is 6.61 Å². The second-order valence-corrected chi connectivity index (χ2v) is 9.85. The van der Waals surface area contributed by atoms with E-state index in [9.17, 15) is 18.3 Å². The first-order valence-corrected chi connectivity index (χ1v) is 12.2. The fraction of sp³-hybridized carbons (Fsp3) is 0.375. The van der Waals surface area contributed by atoms with E-state index in [4.69, 9.17) is 9.47 Å². The molecule has 2 aromatic carbocycles. The monoisotopic (exact) mass is 457 g/mol. The summed E-state index contributed by atoms with van der Waals surface area (Å²) in [5, 5.41) is 10.2. The van der Waals surface area contributed by atoms with Gasteiger partial charge in [-0.25, -0.2) is 12.7 Å². The number of aliphatic hydroxyl groups is 1. The lowest BCUT2D eigenvalue weighted by molar-refractivity contribution is -0.216. The maximum atomic E-state index is 13.9. The van der Waals surface area contributed by atoms with Gasteiger partial charge in [-0.15, -0.1) is 0 Å². The minimum Gasteiger partial charge on any atom is -0.466 e. The third kappa shape index (κ3) is 4.18. The van der Waals surface area contributed by atoms with Crippen LogP contribution in [-0.2, 0) is 24.3 Å². The zero-order valence-electron chi connectivity index (χ0n) is 18.0. The van der Waals surface area contributed by atoms with Gasteiger partial charge < -0.3 is 14.6 Å². The zero-order chi connectivity index (χ0) is 22.9. The summed E-state index contributed by atoms with van der Waals surface area (Å²) >= 11 is 0. The largest absolute Gasteiger partial charge is 0.466 e. The Hall–Kier alpha value is -2.68. The number of hydrogen-bond donors (Lipinski definition) is 1. The number of hydrogen-bond acceptors (Lipinski definition) is 6. The molecule has 4 atom stereocenters. The highest BCUT2D eigenvalue weighted by molar-refractivity contribution is 7.89. The molecule has 4 rings (SSSR count). The molecule has 0 saturated carbocycles. The number of aryl methyl sites for hydroxylation is 1. The lowest BCUT2D eigenvalue weighted by Gasteiger charge is -2.47. The second kappa shape index (κ2) is 9.05. The van der Waals surface area contributed by atoms with Gasteiger partial charge in [0.2, 0.25) is 0 Å². The Bertz CT molecular complexity index is 1100. The van der Waals surface area contributed by atoms with E-state index in [1.807, 2.05) is 13.0 Å². The standard InChI is InChI=1S/C24H27NO6S/c1-3-30-24(27)20-15-21(17-7-5-4-6-8-17)25(23-19(20)13-14-22(26)31-23)32(28,29)18-11-9-16(2)10-12-18/h4-12,15,19-20,22-23,26H,3,13-14H2,1-2H3/t19-,20+,22?,23-/m1/s1. The van der Waals surface area contributed by atoms with Crippen molar-refractivity contribution in [3.63, 3.8) is 0 Å². The van der Waals surface area contributed by atoms with E-state index in [1.165, 1.54) is 4.31 Å². The van der Waals surface area contributed by atoms with Crippen molar-refractivity contribution in [3.8, 4) is 0 Å². The maximum absolute atomic E-state index is 13.9. The molecular formula is C24H27NO6S. The number of carbonyl (C=O) groups excluding carboxylic acids is 1. The lowest BCUT2D eigenvalue weighted by atomic mass is 9.81. The van der Waals surface area contributed by atoms with Crippen molar-refractivity contribution in [2.45, 2.75) is 44.1 Å². The molecule has 1 fully saturated rings. The summed E-state index contributed by atoms with van der Waals surface area (Å²) in [7, 11) is -4.05. The highest BCUT2D eigenvalue weighted by Crippen LogP contribution is 2.44. The van der Waals surface area contributed by atoms with Crippen LogP contribution >= 0.6 is 0 Å². The van der Waals surface area contributed by atoms with Crippen molar-refractivity contribution < 1.29 is 27.8 Å². The summed E-state index contributed by atoms with van der Waals surface area (Å²) in [6.07, 6.45) is 0.239. The smallest absolute Gasteiger partial charge is 0.313 e. The molecule has 0 aliphatic carbocycles. The highest BCUT2D eigenvalue weighted by Gasteiger charge is 2.50. The van der Waals surface area contributed by atoms with E-state index < -0.39 is 40.3 Å². The molecule has 7 nitrogen and oxygen atoms in total. The molecule has 32 heavy (non-hydrogen) atoms. The number of fused-ring (bicyclic) bond motifs is 1. The van der Waals surface area contributed by atoms with E-state index in [2.05, 4.69) is 0 Å². The van der Waals surface area contributed by atoms with Gasteiger partial charge in [-0.2, -0.15) is 0 Å². The van der Waals surface area contributed by atoms with E-state index in [-0.39, 0.29) is 11.5 Å². The number of aliphatic hydroxyl groups excluding tert-OH is 1. The first kappa shape index (κ1) is 22.5. The Labute approximate surface area is 188 Å². The van der Waals surface area contributed by atoms with Gasteiger partial charge in [-0.3, -0.25) is 4.79 Å².